The average Bonchev–Trinajstić information content (AvgIpc) is 3.21. The largest absolute Gasteiger partial charge is 0.422 e. The highest BCUT2D eigenvalue weighted by Crippen LogP contribution is 2.30. The summed E-state index contributed by atoms with van der Waals surface area (Å²) in [5.41, 5.74) is 3.50. The molecule has 0 aliphatic carbocycles. The summed E-state index contributed by atoms with van der Waals surface area (Å²) in [5.74, 6) is -0.301. The van der Waals surface area contributed by atoms with Crippen molar-refractivity contribution in [2.75, 3.05) is 0 Å². The van der Waals surface area contributed by atoms with Crippen LogP contribution in [0, 0.1) is 6.92 Å². The van der Waals surface area contributed by atoms with Crippen molar-refractivity contribution in [3.63, 3.8) is 0 Å². The van der Waals surface area contributed by atoms with E-state index in [1.165, 1.54) is 5.56 Å². The van der Waals surface area contributed by atoms with Gasteiger partial charge in [-0.2, -0.15) is 0 Å². The molecule has 0 bridgehead atoms. The van der Waals surface area contributed by atoms with Crippen molar-refractivity contribution in [1.29, 1.82) is 0 Å². The van der Waals surface area contributed by atoms with Crippen LogP contribution in [0.3, 0.4) is 0 Å². The zero-order chi connectivity index (χ0) is 19.7. The summed E-state index contributed by atoms with van der Waals surface area (Å²) >= 11 is 0. The molecule has 6 heteroatoms. The minimum absolute atomic E-state index is 0.0293. The molecule has 142 valence electrons. The maximum absolute atomic E-state index is 12.1. The van der Waals surface area contributed by atoms with Crippen molar-refractivity contribution in [3.05, 3.63) is 92.7 Å². The van der Waals surface area contributed by atoms with E-state index in [-0.39, 0.29) is 12.2 Å². The molecule has 6 nitrogen and oxygen atoms in total. The minimum atomic E-state index is -0.646. The highest BCUT2D eigenvalue weighted by Gasteiger charge is 2.30. The number of nitrogens with one attached hydrogen (secondary N) is 1. The van der Waals surface area contributed by atoms with Crippen molar-refractivity contribution in [2.24, 2.45) is 0 Å². The summed E-state index contributed by atoms with van der Waals surface area (Å²) in [5, 5.41) is 9.69. The van der Waals surface area contributed by atoms with Crippen molar-refractivity contribution in [2.45, 2.75) is 26.5 Å². The van der Waals surface area contributed by atoms with Crippen molar-refractivity contribution in [3.8, 4) is 0 Å². The van der Waals surface area contributed by atoms with E-state index < -0.39 is 11.5 Å². The van der Waals surface area contributed by atoms with E-state index in [4.69, 9.17) is 4.74 Å². The Labute approximate surface area is 161 Å². The Bertz CT molecular complexity index is 1120. The molecule has 0 spiro atoms. The maximum Gasteiger partial charge on any atom is 0.349 e. The predicted molar refractivity (Wildman–Crippen MR) is 106 cm³/mol. The van der Waals surface area contributed by atoms with Gasteiger partial charge in [0.2, 0.25) is 0 Å². The lowest BCUT2D eigenvalue weighted by Gasteiger charge is -2.11. The van der Waals surface area contributed by atoms with Gasteiger partial charge in [0.05, 0.1) is 6.61 Å². The number of pyridine rings is 1. The summed E-state index contributed by atoms with van der Waals surface area (Å²) in [7, 11) is 0. The number of nitrogens with zero attached hydrogens (tertiary/aromatic N) is 1. The third-order valence-corrected chi connectivity index (χ3v) is 4.85. The zero-order valence-electron chi connectivity index (χ0n) is 15.4. The highest BCUT2D eigenvalue weighted by molar-refractivity contribution is 6.05. The average molecular weight is 376 g/mol. The zero-order valence-corrected chi connectivity index (χ0v) is 15.4. The Hall–Kier alpha value is -3.38. The number of aliphatic hydroxyl groups is 1. The van der Waals surface area contributed by atoms with Gasteiger partial charge in [-0.25, -0.2) is 4.79 Å². The highest BCUT2D eigenvalue weighted by atomic mass is 16.5. The number of carbonyl (C=O) groups is 1. The molecule has 0 radical (unpaired) electrons. The van der Waals surface area contributed by atoms with Gasteiger partial charge < -0.3 is 19.4 Å². The molecule has 0 unspecified atom stereocenters. The van der Waals surface area contributed by atoms with E-state index in [0.717, 1.165) is 17.8 Å². The quantitative estimate of drug-likeness (QED) is 0.671. The minimum Gasteiger partial charge on any atom is -0.422 e. The number of rotatable bonds is 5. The van der Waals surface area contributed by atoms with Crippen molar-refractivity contribution in [1.82, 2.24) is 9.55 Å². The first-order valence-electron chi connectivity index (χ1n) is 9.08. The predicted octanol–water partition coefficient (Wildman–Crippen LogP) is 2.89. The first-order chi connectivity index (χ1) is 13.6. The normalized spacial score (nSPS) is 14.4. The van der Waals surface area contributed by atoms with Gasteiger partial charge in [-0.15, -0.1) is 0 Å². The number of aliphatic hydroxyl groups excluding tert-OH is 1. The maximum atomic E-state index is 12.1. The fraction of sp³-hybridized carbons (Fsp3) is 0.182. The number of hydrogen-bond acceptors (Lipinski definition) is 4. The molecule has 1 aromatic carbocycles. The number of carbonyl (C=O) groups excluding carboxylic acids is 1. The second-order valence-electron chi connectivity index (χ2n) is 6.76. The summed E-state index contributed by atoms with van der Waals surface area (Å²) in [6.45, 7) is 2.34. The number of aromatic nitrogens is 2. The molecular formula is C22H20N2O4. The smallest absolute Gasteiger partial charge is 0.349 e. The number of esters is 1. The van der Waals surface area contributed by atoms with Gasteiger partial charge in [-0.3, -0.25) is 4.79 Å². The van der Waals surface area contributed by atoms with Gasteiger partial charge in [-0.05, 0) is 37.1 Å². The molecule has 28 heavy (non-hydrogen) atoms. The van der Waals surface area contributed by atoms with Crippen LogP contribution in [-0.2, 0) is 24.3 Å². The Morgan fingerprint density at radius 2 is 1.93 bits per heavy atom. The van der Waals surface area contributed by atoms with Gasteiger partial charge in [0.25, 0.3) is 5.56 Å². The van der Waals surface area contributed by atoms with Crippen LogP contribution in [0.2, 0.25) is 0 Å². The van der Waals surface area contributed by atoms with Crippen LogP contribution in [0.4, 0.5) is 0 Å². The lowest BCUT2D eigenvalue weighted by Crippen LogP contribution is -2.16. The topological polar surface area (TPSA) is 84.3 Å². The summed E-state index contributed by atoms with van der Waals surface area (Å²) in [6.07, 6.45) is 2.54. The number of aryl methyl sites for hydroxylation is 2. The van der Waals surface area contributed by atoms with Crippen LogP contribution in [-0.4, -0.2) is 20.6 Å². The van der Waals surface area contributed by atoms with Gasteiger partial charge in [0.15, 0.2) is 0 Å². The second-order valence-corrected chi connectivity index (χ2v) is 6.76. The Balaban J connectivity index is 1.71. The summed E-state index contributed by atoms with van der Waals surface area (Å²) in [4.78, 5) is 26.8. The lowest BCUT2D eigenvalue weighted by atomic mass is 10.1. The molecule has 0 fully saturated rings. The number of hydrogen-bond donors (Lipinski definition) is 2. The molecule has 3 heterocycles. The Morgan fingerprint density at radius 1 is 1.14 bits per heavy atom. The van der Waals surface area contributed by atoms with E-state index in [1.807, 2.05) is 34.9 Å². The molecule has 1 aliphatic heterocycles. The number of ether oxygens (including phenoxy) is 1. The molecule has 1 aliphatic rings. The monoisotopic (exact) mass is 376 g/mol. The molecular weight excluding hydrogens is 356 g/mol. The molecule has 4 rings (SSSR count). The van der Waals surface area contributed by atoms with Crippen molar-refractivity contribution < 1.29 is 14.6 Å². The number of H-pyrrole nitrogens is 1. The number of cyclic esters (lactones) is 1. The molecule has 2 aromatic heterocycles. The second kappa shape index (κ2) is 7.32. The Kier molecular flexibility index (Phi) is 4.71. The summed E-state index contributed by atoms with van der Waals surface area (Å²) < 4.78 is 7.35. The molecule has 0 atom stereocenters. The van der Waals surface area contributed by atoms with Crippen LogP contribution in [0.15, 0.2) is 53.3 Å². The van der Waals surface area contributed by atoms with E-state index >= 15 is 0 Å². The van der Waals surface area contributed by atoms with Crippen LogP contribution < -0.4 is 5.56 Å². The fourth-order valence-corrected chi connectivity index (χ4v) is 3.48. The van der Waals surface area contributed by atoms with E-state index in [0.29, 0.717) is 23.6 Å². The molecule has 0 saturated heterocycles. The van der Waals surface area contributed by atoms with Gasteiger partial charge in [0.1, 0.15) is 11.3 Å². The first-order valence-corrected chi connectivity index (χ1v) is 9.08. The SMILES string of the molecule is Cc1cc2c(c(=O)[nH]1)C(=O)O/C2=C\c1ccc(CO)n1CCc1ccccc1. The number of aromatic amines is 1. The summed E-state index contributed by atoms with van der Waals surface area (Å²) in [6, 6.07) is 15.5. The lowest BCUT2D eigenvalue weighted by molar-refractivity contribution is 0.0715. The van der Waals surface area contributed by atoms with Crippen LogP contribution in [0.5, 0.6) is 0 Å². The van der Waals surface area contributed by atoms with Gasteiger partial charge >= 0.3 is 5.97 Å². The van der Waals surface area contributed by atoms with E-state index in [1.54, 1.807) is 19.1 Å². The van der Waals surface area contributed by atoms with E-state index in [9.17, 15) is 14.7 Å². The Morgan fingerprint density at radius 3 is 2.68 bits per heavy atom. The van der Waals surface area contributed by atoms with Crippen LogP contribution in [0.25, 0.3) is 11.8 Å². The third-order valence-electron chi connectivity index (χ3n) is 4.85. The van der Waals surface area contributed by atoms with E-state index in [2.05, 4.69) is 17.1 Å². The first kappa shape index (κ1) is 18.0. The molecule has 0 saturated carbocycles. The van der Waals surface area contributed by atoms with Gasteiger partial charge in [0, 0.05) is 35.3 Å². The fourth-order valence-electron chi connectivity index (χ4n) is 3.48. The number of fused-ring (bicyclic) bond motifs is 1. The third kappa shape index (κ3) is 3.30. The molecule has 3 aromatic rings. The van der Waals surface area contributed by atoms with Crippen molar-refractivity contribution >= 4 is 17.8 Å². The van der Waals surface area contributed by atoms with Crippen LogP contribution in [0.1, 0.15) is 38.6 Å². The van der Waals surface area contributed by atoms with Crippen LogP contribution >= 0.6 is 0 Å². The molecule has 0 amide bonds. The standard InChI is InChI=1S/C22H20N2O4/c1-14-11-18-19(28-22(27)20(18)21(26)23-14)12-16-7-8-17(13-25)24(16)10-9-15-5-3-2-4-6-15/h2-8,11-12,25H,9-10,13H2,1H3,(H,23,26)/b19-12-. The van der Waals surface area contributed by atoms with Gasteiger partial charge in [-0.1, -0.05) is 30.3 Å². The number of benzene rings is 1. The molecule has 2 N–H and O–H groups in total.